The average molecular weight is 510 g/mol. The SMILES string of the molecule is C[C@@H]1CN([C@@H](C)CO)C(=O)c2cc(C#CC3CCCCC3)cnc2O[C@H]1CN(C)C(=O)C1CCCCC1. The maximum Gasteiger partial charge on any atom is 0.259 e. The molecule has 0 bridgehead atoms. The zero-order chi connectivity index (χ0) is 26.4. The topological polar surface area (TPSA) is 83.0 Å². The lowest BCUT2D eigenvalue weighted by Gasteiger charge is -2.38. The van der Waals surface area contributed by atoms with Gasteiger partial charge in [0.1, 0.15) is 11.7 Å². The van der Waals surface area contributed by atoms with Gasteiger partial charge in [-0.3, -0.25) is 9.59 Å². The lowest BCUT2D eigenvalue weighted by molar-refractivity contribution is -0.136. The molecule has 2 aliphatic carbocycles. The molecule has 4 rings (SSSR count). The van der Waals surface area contributed by atoms with Crippen molar-refractivity contribution in [1.82, 2.24) is 14.8 Å². The number of nitrogens with zero attached hydrogens (tertiary/aromatic N) is 3. The Morgan fingerprint density at radius 2 is 1.86 bits per heavy atom. The quantitative estimate of drug-likeness (QED) is 0.600. The smallest absolute Gasteiger partial charge is 0.259 e. The number of amides is 2. The molecule has 1 aromatic heterocycles. The second-order valence-electron chi connectivity index (χ2n) is 11.4. The van der Waals surface area contributed by atoms with Gasteiger partial charge in [-0.15, -0.1) is 0 Å². The molecule has 1 aromatic rings. The summed E-state index contributed by atoms with van der Waals surface area (Å²) in [5, 5.41) is 9.90. The predicted molar refractivity (Wildman–Crippen MR) is 143 cm³/mol. The highest BCUT2D eigenvalue weighted by Gasteiger charge is 2.35. The van der Waals surface area contributed by atoms with Crippen LogP contribution in [-0.4, -0.2) is 70.6 Å². The molecule has 2 saturated carbocycles. The fraction of sp³-hybridized carbons (Fsp3) is 0.700. The first-order valence-corrected chi connectivity index (χ1v) is 14.2. The van der Waals surface area contributed by atoms with Gasteiger partial charge in [-0.05, 0) is 38.7 Å². The summed E-state index contributed by atoms with van der Waals surface area (Å²) in [5.74, 6) is 7.30. The van der Waals surface area contributed by atoms with E-state index in [0.717, 1.165) is 38.5 Å². The molecule has 2 heterocycles. The first-order chi connectivity index (χ1) is 17.9. The van der Waals surface area contributed by atoms with Gasteiger partial charge in [0.05, 0.1) is 19.2 Å². The van der Waals surface area contributed by atoms with Crippen LogP contribution in [0, 0.1) is 29.6 Å². The van der Waals surface area contributed by atoms with Crippen LogP contribution in [0.25, 0.3) is 0 Å². The van der Waals surface area contributed by atoms with Crippen molar-refractivity contribution in [3.8, 4) is 17.7 Å². The Morgan fingerprint density at radius 1 is 1.19 bits per heavy atom. The van der Waals surface area contributed by atoms with Gasteiger partial charge in [0.2, 0.25) is 11.8 Å². The van der Waals surface area contributed by atoms with Crippen LogP contribution in [0.4, 0.5) is 0 Å². The maximum absolute atomic E-state index is 13.6. The largest absolute Gasteiger partial charge is 0.472 e. The zero-order valence-electron chi connectivity index (χ0n) is 22.7. The van der Waals surface area contributed by atoms with Crippen LogP contribution in [0.2, 0.25) is 0 Å². The number of hydrogen-bond donors (Lipinski definition) is 1. The number of fused-ring (bicyclic) bond motifs is 1. The molecule has 2 fully saturated rings. The Hall–Kier alpha value is -2.59. The van der Waals surface area contributed by atoms with Gasteiger partial charge in [0.15, 0.2) is 0 Å². The van der Waals surface area contributed by atoms with Gasteiger partial charge in [0.25, 0.3) is 5.91 Å². The molecule has 1 N–H and O–H groups in total. The van der Waals surface area contributed by atoms with E-state index in [-0.39, 0.29) is 48.3 Å². The van der Waals surface area contributed by atoms with E-state index in [1.165, 1.54) is 25.7 Å². The number of aromatic nitrogens is 1. The molecule has 7 nitrogen and oxygen atoms in total. The number of aliphatic hydroxyl groups is 1. The molecule has 3 atom stereocenters. The minimum atomic E-state index is -0.347. The summed E-state index contributed by atoms with van der Waals surface area (Å²) in [7, 11) is 1.85. The van der Waals surface area contributed by atoms with Crippen molar-refractivity contribution >= 4 is 11.8 Å². The molecule has 37 heavy (non-hydrogen) atoms. The summed E-state index contributed by atoms with van der Waals surface area (Å²) in [6, 6.07) is 1.43. The highest BCUT2D eigenvalue weighted by Crippen LogP contribution is 2.29. The highest BCUT2D eigenvalue weighted by atomic mass is 16.5. The Balaban J connectivity index is 1.58. The maximum atomic E-state index is 13.6. The lowest BCUT2D eigenvalue weighted by atomic mass is 9.88. The summed E-state index contributed by atoms with van der Waals surface area (Å²) in [6.45, 7) is 4.60. The Morgan fingerprint density at radius 3 is 2.54 bits per heavy atom. The molecule has 0 aromatic carbocycles. The summed E-state index contributed by atoms with van der Waals surface area (Å²) < 4.78 is 6.38. The van der Waals surface area contributed by atoms with Crippen molar-refractivity contribution in [2.24, 2.45) is 17.8 Å². The van der Waals surface area contributed by atoms with Gasteiger partial charge in [0, 0.05) is 43.1 Å². The van der Waals surface area contributed by atoms with Crippen molar-refractivity contribution in [3.05, 3.63) is 23.4 Å². The van der Waals surface area contributed by atoms with E-state index in [1.54, 1.807) is 22.1 Å². The van der Waals surface area contributed by atoms with E-state index in [4.69, 9.17) is 4.74 Å². The molecular formula is C30H43N3O4. The first-order valence-electron chi connectivity index (χ1n) is 14.2. The molecule has 1 aliphatic heterocycles. The predicted octanol–water partition coefficient (Wildman–Crippen LogP) is 4.27. The van der Waals surface area contributed by atoms with Crippen LogP contribution in [-0.2, 0) is 4.79 Å². The van der Waals surface area contributed by atoms with Crippen molar-refractivity contribution in [1.29, 1.82) is 0 Å². The molecule has 0 saturated heterocycles. The number of hydrogen-bond acceptors (Lipinski definition) is 5. The third-order valence-corrected chi connectivity index (χ3v) is 8.33. The lowest BCUT2D eigenvalue weighted by Crippen LogP contribution is -2.51. The van der Waals surface area contributed by atoms with E-state index in [9.17, 15) is 14.7 Å². The number of pyridine rings is 1. The second-order valence-corrected chi connectivity index (χ2v) is 11.4. The zero-order valence-corrected chi connectivity index (χ0v) is 22.7. The first kappa shape index (κ1) is 27.4. The van der Waals surface area contributed by atoms with Gasteiger partial charge in [-0.25, -0.2) is 4.98 Å². The van der Waals surface area contributed by atoms with Crippen molar-refractivity contribution in [3.63, 3.8) is 0 Å². The molecule has 7 heteroatoms. The van der Waals surface area contributed by atoms with Crippen LogP contribution in [0.1, 0.15) is 94.0 Å². The molecule has 0 spiro atoms. The number of carbonyl (C=O) groups excluding carboxylic acids is 2. The average Bonchev–Trinajstić information content (AvgIpc) is 2.94. The molecule has 2 amide bonds. The van der Waals surface area contributed by atoms with E-state index >= 15 is 0 Å². The minimum absolute atomic E-state index is 0.0553. The highest BCUT2D eigenvalue weighted by molar-refractivity contribution is 5.97. The number of ether oxygens (including phenoxy) is 1. The summed E-state index contributed by atoms with van der Waals surface area (Å²) in [6.07, 6.45) is 12.7. The summed E-state index contributed by atoms with van der Waals surface area (Å²) in [5.41, 5.74) is 1.07. The van der Waals surface area contributed by atoms with Gasteiger partial charge < -0.3 is 19.6 Å². The van der Waals surface area contributed by atoms with Gasteiger partial charge in [-0.2, -0.15) is 0 Å². The number of rotatable bonds is 5. The van der Waals surface area contributed by atoms with Crippen molar-refractivity contribution < 1.29 is 19.4 Å². The van der Waals surface area contributed by atoms with Crippen LogP contribution >= 0.6 is 0 Å². The molecular weight excluding hydrogens is 466 g/mol. The van der Waals surface area contributed by atoms with Crippen molar-refractivity contribution in [2.45, 2.75) is 90.2 Å². The fourth-order valence-corrected chi connectivity index (χ4v) is 5.84. The standard InChI is InChI=1S/C30H43N3O4/c1-21-18-33(22(2)20-34)30(36)26-16-24(15-14-23-10-6-4-7-11-23)17-31-28(26)37-27(21)19-32(3)29(35)25-12-8-5-9-13-25/h16-17,21-23,25,27,34H,4-13,18-20H2,1-3H3/t21-,22+,27+/m1/s1. The van der Waals surface area contributed by atoms with Crippen LogP contribution in [0.15, 0.2) is 12.3 Å². The molecule has 3 aliphatic rings. The fourth-order valence-electron chi connectivity index (χ4n) is 5.84. The monoisotopic (exact) mass is 509 g/mol. The third kappa shape index (κ3) is 6.84. The molecule has 202 valence electrons. The van der Waals surface area contributed by atoms with Crippen LogP contribution < -0.4 is 4.74 Å². The Bertz CT molecular complexity index is 1000. The van der Waals surface area contributed by atoms with Gasteiger partial charge >= 0.3 is 0 Å². The van der Waals surface area contributed by atoms with E-state index < -0.39 is 0 Å². The van der Waals surface area contributed by atoms with Crippen LogP contribution in [0.5, 0.6) is 5.88 Å². The Labute approximate surface area is 222 Å². The number of carbonyl (C=O) groups is 2. The molecule has 0 radical (unpaired) electrons. The van der Waals surface area contributed by atoms with E-state index in [2.05, 4.69) is 16.8 Å². The van der Waals surface area contributed by atoms with Crippen molar-refractivity contribution in [2.75, 3.05) is 26.7 Å². The third-order valence-electron chi connectivity index (χ3n) is 8.33. The Kier molecular flexibility index (Phi) is 9.48. The molecule has 0 unspecified atom stereocenters. The normalized spacial score (nSPS) is 24.1. The summed E-state index contributed by atoms with van der Waals surface area (Å²) in [4.78, 5) is 34.8. The van der Waals surface area contributed by atoms with E-state index in [0.29, 0.717) is 30.1 Å². The van der Waals surface area contributed by atoms with E-state index in [1.807, 2.05) is 20.9 Å². The number of aliphatic hydroxyl groups excluding tert-OH is 1. The summed E-state index contributed by atoms with van der Waals surface area (Å²) >= 11 is 0. The minimum Gasteiger partial charge on any atom is -0.472 e. The number of likely N-dealkylation sites (N-methyl/N-ethyl adjacent to an activating group) is 1. The second kappa shape index (κ2) is 12.8. The van der Waals surface area contributed by atoms with Gasteiger partial charge in [-0.1, -0.05) is 57.3 Å². The van der Waals surface area contributed by atoms with Crippen LogP contribution in [0.3, 0.4) is 0 Å².